The second-order valence-electron chi connectivity index (χ2n) is 21.0. The van der Waals surface area contributed by atoms with Gasteiger partial charge in [-0.2, -0.15) is 0 Å². The van der Waals surface area contributed by atoms with Crippen LogP contribution in [0.2, 0.25) is 0 Å². The number of rotatable bonds is 14. The first-order chi connectivity index (χ1) is 37.0. The second-order valence-corrected chi connectivity index (χ2v) is 22.4. The van der Waals surface area contributed by atoms with E-state index in [1.54, 1.807) is 19.9 Å². The quantitative estimate of drug-likeness (QED) is 0.0694. The number of H-pyrrole nitrogens is 1. The number of aromatic nitrogens is 1. The highest BCUT2D eigenvalue weighted by atomic mass is 32.2. The number of Topliss-reactive ketones (excluding diaryl/α,β-unsaturated/α-hetero) is 3. The molecule has 7 rings (SSSR count). The first kappa shape index (κ1) is 58.9. The molecule has 0 aliphatic carbocycles. The number of nitrogens with one attached hydrogen (secondary N) is 6. The van der Waals surface area contributed by atoms with E-state index >= 15 is 9.59 Å². The van der Waals surface area contributed by atoms with Gasteiger partial charge in [0.25, 0.3) is 11.8 Å². The van der Waals surface area contributed by atoms with Crippen molar-refractivity contribution in [1.82, 2.24) is 41.4 Å². The van der Waals surface area contributed by atoms with E-state index in [-0.39, 0.29) is 47.7 Å². The van der Waals surface area contributed by atoms with Crippen LogP contribution in [0.15, 0.2) is 35.4 Å². The van der Waals surface area contributed by atoms with E-state index in [4.69, 9.17) is 10.5 Å². The van der Waals surface area contributed by atoms with Gasteiger partial charge in [0.05, 0.1) is 72.1 Å². The van der Waals surface area contributed by atoms with Crippen LogP contribution in [-0.2, 0) is 70.0 Å². The lowest BCUT2D eigenvalue weighted by atomic mass is 9.82. The molecule has 0 saturated carbocycles. The van der Waals surface area contributed by atoms with Gasteiger partial charge < -0.3 is 57.4 Å². The Labute approximate surface area is 451 Å². The third-order valence-electron chi connectivity index (χ3n) is 15.5. The fourth-order valence-corrected chi connectivity index (χ4v) is 12.4. The summed E-state index contributed by atoms with van der Waals surface area (Å²) in [5.41, 5.74) is 3.84. The third kappa shape index (κ3) is 13.2. The average molecular weight is 1110 g/mol. The lowest BCUT2D eigenvalue weighted by Crippen LogP contribution is -2.65. The van der Waals surface area contributed by atoms with Gasteiger partial charge in [0.15, 0.2) is 17.3 Å². The maximum atomic E-state index is 16.1. The van der Waals surface area contributed by atoms with Gasteiger partial charge in [-0.3, -0.25) is 61.8 Å². The number of aliphatic hydroxyl groups excluding tert-OH is 3. The van der Waals surface area contributed by atoms with Crippen molar-refractivity contribution in [2.75, 3.05) is 38.5 Å². The standard InChI is InChI=1S/C52H69N9O16S/c1-4-26(2)45-50(75)55-21-41(68)56-35-25-78(76)51-33-15-29(48(73)54-22-42(69)58-45)17-38(65)46(27(3)39(66)24-62)59-49(74)36-19-30(63)23-61(36)52(47(72)28(16-37(35)64)18-40(53)67,77-31-9-10-32(33)34(20-31)57-51)13-7-5-6-8-14-60-43(70)11-12-44(60)71/h9-12,20,26-30,35-36,39,45-46,57,62-63,66H,4-8,13-19,21-25H2,1-3H3,(H2,53,67)(H,54,73)(H,55,75)(H,56,68)(H,58,69)(H,59,74)/t26-,27-,28-,29?,30?,35?,36-,39-,45-,46-,52?,78?/m0/s1. The molecule has 0 spiro atoms. The number of ether oxygens (including phenoxy) is 1. The van der Waals surface area contributed by atoms with Crippen LogP contribution >= 0.6 is 0 Å². The van der Waals surface area contributed by atoms with E-state index in [9.17, 15) is 62.7 Å². The molecule has 5 aliphatic heterocycles. The number of ketones is 3. The number of nitrogens with two attached hydrogens (primary N) is 1. The predicted octanol–water partition coefficient (Wildman–Crippen LogP) is -2.44. The van der Waals surface area contributed by atoms with E-state index < -0.39 is 199 Å². The number of unbranched alkanes of at least 4 members (excludes halogenated alkanes) is 3. The van der Waals surface area contributed by atoms with E-state index in [0.717, 1.165) is 17.1 Å². The van der Waals surface area contributed by atoms with Gasteiger partial charge >= 0.3 is 0 Å². The molecule has 25 nitrogen and oxygen atoms in total. The maximum Gasteiger partial charge on any atom is 0.253 e. The van der Waals surface area contributed by atoms with Crippen LogP contribution in [0.5, 0.6) is 5.75 Å². The van der Waals surface area contributed by atoms with Gasteiger partial charge in [0, 0.05) is 80.1 Å². The van der Waals surface area contributed by atoms with Crippen molar-refractivity contribution < 1.29 is 77.0 Å². The van der Waals surface area contributed by atoms with Crippen molar-refractivity contribution >= 4 is 86.3 Å². The molecule has 2 aromatic rings. The summed E-state index contributed by atoms with van der Waals surface area (Å²) >= 11 is 0. The van der Waals surface area contributed by atoms with Gasteiger partial charge in [-0.1, -0.05) is 40.0 Å². The van der Waals surface area contributed by atoms with Gasteiger partial charge in [0.1, 0.15) is 16.8 Å². The molecule has 5 unspecified atom stereocenters. The number of aromatic amines is 1. The van der Waals surface area contributed by atoms with Gasteiger partial charge in [-0.05, 0) is 49.3 Å². The number of hydrogen-bond acceptors (Lipinski definition) is 17. The minimum absolute atomic E-state index is 0.0325. The Kier molecular flexibility index (Phi) is 19.2. The molecule has 1 saturated heterocycles. The highest BCUT2D eigenvalue weighted by Crippen LogP contribution is 2.41. The number of nitrogens with zero attached hydrogens (tertiary/aromatic N) is 2. The zero-order valence-electron chi connectivity index (χ0n) is 43.7. The summed E-state index contributed by atoms with van der Waals surface area (Å²) in [7, 11) is -2.32. The molecule has 424 valence electrons. The van der Waals surface area contributed by atoms with Crippen LogP contribution in [0.1, 0.15) is 90.5 Å². The zero-order valence-corrected chi connectivity index (χ0v) is 44.5. The summed E-state index contributed by atoms with van der Waals surface area (Å²) in [6, 6.07) is -1.69. The minimum atomic E-state index is -2.38. The number of primary amides is 1. The van der Waals surface area contributed by atoms with E-state index in [1.165, 1.54) is 24.0 Å². The molecule has 8 amide bonds. The molecule has 5 aliphatic rings. The van der Waals surface area contributed by atoms with Crippen LogP contribution in [0, 0.1) is 23.7 Å². The van der Waals surface area contributed by atoms with Crippen molar-refractivity contribution in [2.45, 2.75) is 139 Å². The number of benzene rings is 1. The Morgan fingerprint density at radius 3 is 2.22 bits per heavy atom. The van der Waals surface area contributed by atoms with Crippen LogP contribution in [0.4, 0.5) is 0 Å². The predicted molar refractivity (Wildman–Crippen MR) is 275 cm³/mol. The summed E-state index contributed by atoms with van der Waals surface area (Å²) < 4.78 is 21.9. The van der Waals surface area contributed by atoms with Crippen molar-refractivity contribution in [3.63, 3.8) is 0 Å². The summed E-state index contributed by atoms with van der Waals surface area (Å²) in [6.45, 7) is 2.12. The highest BCUT2D eigenvalue weighted by Gasteiger charge is 2.57. The number of fused-ring (bicyclic) bond motifs is 7. The largest absolute Gasteiger partial charge is 0.465 e. The Hall–Kier alpha value is -6.74. The molecule has 0 radical (unpaired) electrons. The molecule has 12 atom stereocenters. The lowest BCUT2D eigenvalue weighted by molar-refractivity contribution is -0.168. The molecule has 1 aromatic heterocycles. The average Bonchev–Trinajstić information content (AvgIpc) is 4.25. The van der Waals surface area contributed by atoms with Gasteiger partial charge in [0.2, 0.25) is 41.2 Å². The van der Waals surface area contributed by atoms with Crippen molar-refractivity contribution in [1.29, 1.82) is 0 Å². The number of hydrogen-bond donors (Lipinski definition) is 10. The smallest absolute Gasteiger partial charge is 0.253 e. The Morgan fingerprint density at radius 2 is 1.54 bits per heavy atom. The summed E-state index contributed by atoms with van der Waals surface area (Å²) in [5, 5.41) is 45.9. The molecule has 11 N–H and O–H groups in total. The molecule has 6 heterocycles. The lowest BCUT2D eigenvalue weighted by Gasteiger charge is -2.45. The normalized spacial score (nSPS) is 29.2. The van der Waals surface area contributed by atoms with E-state index in [1.807, 2.05) is 0 Å². The van der Waals surface area contributed by atoms with Crippen molar-refractivity contribution in [2.24, 2.45) is 29.4 Å². The Balaban J connectivity index is 1.45. The molecule has 1 fully saturated rings. The summed E-state index contributed by atoms with van der Waals surface area (Å²) in [5.74, 6) is -14.7. The van der Waals surface area contributed by atoms with Crippen LogP contribution in [-0.4, -0.2) is 180 Å². The number of carbonyl (C=O) groups is 11. The van der Waals surface area contributed by atoms with E-state index in [0.29, 0.717) is 31.1 Å². The number of amides is 8. The third-order valence-corrected chi connectivity index (χ3v) is 17.0. The minimum Gasteiger partial charge on any atom is -0.465 e. The van der Waals surface area contributed by atoms with Crippen molar-refractivity contribution in [3.8, 4) is 5.75 Å². The Bertz CT molecular complexity index is 2770. The fraction of sp³-hybridized carbons (Fsp3) is 0.596. The molecule has 8 bridgehead atoms. The van der Waals surface area contributed by atoms with Crippen molar-refractivity contribution in [3.05, 3.63) is 35.9 Å². The molecule has 78 heavy (non-hydrogen) atoms. The van der Waals surface area contributed by atoms with Gasteiger partial charge in [-0.15, -0.1) is 0 Å². The fourth-order valence-electron chi connectivity index (χ4n) is 11.0. The second kappa shape index (κ2) is 25.4. The topological polar surface area (TPSA) is 383 Å². The monoisotopic (exact) mass is 1110 g/mol. The zero-order chi connectivity index (χ0) is 56.7. The SMILES string of the molecule is CC[C@H](C)[C@@H]1NC(=O)CNC(=O)C2CC(=O)[C@H]([C@@H](C)[C@@H](O)CO)NC(=O)[C@@H]3CC(O)CN3C3(CCCCCCN4C(=O)C=CC4=O)Oc4ccc5c(c([nH]c5c4)S(=O)CC(NC(=O)CNC1=O)C(=O)C[C@@H](CC(N)=O)C3=O)C2. The number of imide groups is 1. The summed E-state index contributed by atoms with van der Waals surface area (Å²) in [4.78, 5) is 160. The number of carbonyl (C=O) groups excluding carboxylic acids is 11. The highest BCUT2D eigenvalue weighted by molar-refractivity contribution is 7.85. The molecule has 1 aromatic carbocycles. The number of aliphatic hydroxyl groups is 3. The maximum absolute atomic E-state index is 16.1. The van der Waals surface area contributed by atoms with Crippen LogP contribution in [0.25, 0.3) is 10.9 Å². The van der Waals surface area contributed by atoms with E-state index in [2.05, 4.69) is 31.6 Å². The Morgan fingerprint density at radius 1 is 0.859 bits per heavy atom. The molecular formula is C52H69N9O16S. The first-order valence-corrected chi connectivity index (χ1v) is 27.7. The summed E-state index contributed by atoms with van der Waals surface area (Å²) in [6.07, 6.45) is -2.54. The molecule has 26 heteroatoms. The first-order valence-electron chi connectivity index (χ1n) is 26.4. The molecular weight excluding hydrogens is 1040 g/mol. The van der Waals surface area contributed by atoms with Crippen LogP contribution < -0.4 is 37.1 Å². The van der Waals surface area contributed by atoms with Crippen LogP contribution in [0.3, 0.4) is 0 Å². The van der Waals surface area contributed by atoms with Gasteiger partial charge in [-0.25, -0.2) is 4.90 Å².